The molecule has 0 aliphatic heterocycles. The Bertz CT molecular complexity index is 627. The minimum absolute atomic E-state index is 0.291. The van der Waals surface area contributed by atoms with E-state index in [-0.39, 0.29) is 5.69 Å². The van der Waals surface area contributed by atoms with Gasteiger partial charge in [-0.3, -0.25) is 0 Å². The fourth-order valence-corrected chi connectivity index (χ4v) is 1.95. The van der Waals surface area contributed by atoms with Crippen LogP contribution in [0.2, 0.25) is 0 Å². The summed E-state index contributed by atoms with van der Waals surface area (Å²) in [5.74, 6) is 0. The molecule has 0 aliphatic carbocycles. The molecule has 0 amide bonds. The maximum atomic E-state index is 12.8. The van der Waals surface area contributed by atoms with E-state index in [2.05, 4.69) is 5.32 Å². The Kier molecular flexibility index (Phi) is 4.37. The highest BCUT2D eigenvalue weighted by molar-refractivity contribution is 5.65. The summed E-state index contributed by atoms with van der Waals surface area (Å²) in [5.41, 5.74) is 6.16. The van der Waals surface area contributed by atoms with Crippen molar-refractivity contribution >= 4 is 17.1 Å². The van der Waals surface area contributed by atoms with Crippen LogP contribution in [0.5, 0.6) is 0 Å². The molecule has 3 N–H and O–H groups in total. The predicted octanol–water partition coefficient (Wildman–Crippen LogP) is 4.18. The van der Waals surface area contributed by atoms with Gasteiger partial charge >= 0.3 is 6.18 Å². The first kappa shape index (κ1) is 15.2. The third-order valence-electron chi connectivity index (χ3n) is 2.89. The maximum absolute atomic E-state index is 12.8. The van der Waals surface area contributed by atoms with Gasteiger partial charge in [0.1, 0.15) is 0 Å². The lowest BCUT2D eigenvalue weighted by atomic mass is 10.1. The number of hydrogen-bond donors (Lipinski definition) is 2. The van der Waals surface area contributed by atoms with E-state index in [4.69, 9.17) is 10.5 Å². The van der Waals surface area contributed by atoms with Gasteiger partial charge in [-0.05, 0) is 35.9 Å². The molecule has 0 fully saturated rings. The number of nitrogens with one attached hydrogen (secondary N) is 1. The summed E-state index contributed by atoms with van der Waals surface area (Å²) in [6, 6.07) is 11.0. The molecule has 0 aliphatic rings. The number of methoxy groups -OCH3 is 1. The average molecular weight is 296 g/mol. The predicted molar refractivity (Wildman–Crippen MR) is 76.3 cm³/mol. The topological polar surface area (TPSA) is 47.3 Å². The highest BCUT2D eigenvalue weighted by Gasteiger charge is 2.33. The second-order valence-electron chi connectivity index (χ2n) is 4.56. The quantitative estimate of drug-likeness (QED) is 0.832. The van der Waals surface area contributed by atoms with Crippen LogP contribution >= 0.6 is 0 Å². The third-order valence-corrected chi connectivity index (χ3v) is 2.89. The van der Waals surface area contributed by atoms with Crippen LogP contribution in [0.15, 0.2) is 42.5 Å². The molecule has 3 nitrogen and oxygen atoms in total. The molecule has 0 saturated carbocycles. The number of benzene rings is 2. The molecule has 2 aromatic rings. The van der Waals surface area contributed by atoms with Crippen molar-refractivity contribution in [1.29, 1.82) is 0 Å². The van der Waals surface area contributed by atoms with Crippen LogP contribution < -0.4 is 11.1 Å². The van der Waals surface area contributed by atoms with Gasteiger partial charge in [-0.25, -0.2) is 0 Å². The Balaban J connectivity index is 2.26. The Morgan fingerprint density at radius 3 is 2.48 bits per heavy atom. The minimum Gasteiger partial charge on any atom is -0.398 e. The molecule has 0 radical (unpaired) electrons. The lowest BCUT2D eigenvalue weighted by Crippen LogP contribution is -2.09. The second kappa shape index (κ2) is 6.05. The van der Waals surface area contributed by atoms with Gasteiger partial charge in [0.15, 0.2) is 0 Å². The van der Waals surface area contributed by atoms with E-state index in [1.54, 1.807) is 19.2 Å². The summed E-state index contributed by atoms with van der Waals surface area (Å²) in [6.45, 7) is 0.436. The zero-order chi connectivity index (χ0) is 15.5. The molecule has 0 spiro atoms. The number of hydrogen-bond acceptors (Lipinski definition) is 3. The number of nitrogens with two attached hydrogens (primary N) is 1. The third kappa shape index (κ3) is 3.88. The van der Waals surface area contributed by atoms with Crippen LogP contribution in [0.4, 0.5) is 30.2 Å². The van der Waals surface area contributed by atoms with Crippen LogP contribution in [0.1, 0.15) is 11.1 Å². The fraction of sp³-hybridized carbons (Fsp3) is 0.200. The van der Waals surface area contributed by atoms with Crippen LogP contribution in [0.3, 0.4) is 0 Å². The average Bonchev–Trinajstić information content (AvgIpc) is 2.40. The largest absolute Gasteiger partial charge is 0.418 e. The summed E-state index contributed by atoms with van der Waals surface area (Å²) in [6.07, 6.45) is -4.47. The molecule has 112 valence electrons. The number of halogens is 3. The highest BCUT2D eigenvalue weighted by Crippen LogP contribution is 2.35. The Morgan fingerprint density at radius 1 is 1.10 bits per heavy atom. The van der Waals surface area contributed by atoms with Crippen molar-refractivity contribution in [3.63, 3.8) is 0 Å². The van der Waals surface area contributed by atoms with Crippen molar-refractivity contribution < 1.29 is 17.9 Å². The molecule has 21 heavy (non-hydrogen) atoms. The van der Waals surface area contributed by atoms with E-state index in [1.165, 1.54) is 12.1 Å². The summed E-state index contributed by atoms with van der Waals surface area (Å²) < 4.78 is 43.4. The van der Waals surface area contributed by atoms with E-state index in [1.807, 2.05) is 12.1 Å². The summed E-state index contributed by atoms with van der Waals surface area (Å²) >= 11 is 0. The lowest BCUT2D eigenvalue weighted by molar-refractivity contribution is -0.136. The SMILES string of the molecule is COCc1cccc(Nc2ccc(N)c(C(F)(F)F)c2)c1. The Morgan fingerprint density at radius 2 is 1.81 bits per heavy atom. The van der Waals surface area contributed by atoms with Gasteiger partial charge < -0.3 is 15.8 Å². The van der Waals surface area contributed by atoms with Crippen LogP contribution in [0.25, 0.3) is 0 Å². The zero-order valence-electron chi connectivity index (χ0n) is 11.4. The first-order chi connectivity index (χ1) is 9.90. The smallest absolute Gasteiger partial charge is 0.398 e. The van der Waals surface area contributed by atoms with Crippen LogP contribution in [-0.2, 0) is 17.5 Å². The zero-order valence-corrected chi connectivity index (χ0v) is 11.4. The van der Waals surface area contributed by atoms with Gasteiger partial charge in [-0.15, -0.1) is 0 Å². The molecule has 2 rings (SSSR count). The van der Waals surface area contributed by atoms with Crippen molar-refractivity contribution in [3.05, 3.63) is 53.6 Å². The van der Waals surface area contributed by atoms with Crippen molar-refractivity contribution in [2.45, 2.75) is 12.8 Å². The van der Waals surface area contributed by atoms with E-state index in [0.717, 1.165) is 11.6 Å². The van der Waals surface area contributed by atoms with Gasteiger partial charge in [0, 0.05) is 24.2 Å². The van der Waals surface area contributed by atoms with Crippen molar-refractivity contribution in [2.75, 3.05) is 18.2 Å². The van der Waals surface area contributed by atoms with Crippen molar-refractivity contribution in [1.82, 2.24) is 0 Å². The first-order valence-electron chi connectivity index (χ1n) is 6.22. The maximum Gasteiger partial charge on any atom is 0.418 e. The number of nitrogen functional groups attached to an aromatic ring is 1. The van der Waals surface area contributed by atoms with Gasteiger partial charge in [-0.2, -0.15) is 13.2 Å². The standard InChI is InChI=1S/C15H15F3N2O/c1-21-9-10-3-2-4-11(7-10)20-12-5-6-14(19)13(8-12)15(16,17)18/h2-8,20H,9,19H2,1H3. The van der Waals surface area contributed by atoms with E-state index < -0.39 is 11.7 Å². The number of alkyl halides is 3. The molecule has 2 aromatic carbocycles. The molecule has 6 heteroatoms. The summed E-state index contributed by atoms with van der Waals surface area (Å²) in [5, 5.41) is 2.93. The molecule has 0 atom stereocenters. The molecule has 0 saturated heterocycles. The molecule has 0 heterocycles. The number of ether oxygens (including phenoxy) is 1. The fourth-order valence-electron chi connectivity index (χ4n) is 1.95. The summed E-state index contributed by atoms with van der Waals surface area (Å²) in [4.78, 5) is 0. The van der Waals surface area contributed by atoms with Crippen molar-refractivity contribution in [3.8, 4) is 0 Å². The van der Waals surface area contributed by atoms with Crippen LogP contribution in [0, 0.1) is 0 Å². The number of anilines is 3. The van der Waals surface area contributed by atoms with Crippen LogP contribution in [-0.4, -0.2) is 7.11 Å². The molecular formula is C15H15F3N2O. The lowest BCUT2D eigenvalue weighted by Gasteiger charge is -2.13. The second-order valence-corrected chi connectivity index (χ2v) is 4.56. The Hall–Kier alpha value is -2.21. The first-order valence-corrected chi connectivity index (χ1v) is 6.22. The summed E-state index contributed by atoms with van der Waals surface area (Å²) in [7, 11) is 1.58. The molecule has 0 unspecified atom stereocenters. The molecular weight excluding hydrogens is 281 g/mol. The normalized spacial score (nSPS) is 11.4. The van der Waals surface area contributed by atoms with Gasteiger partial charge in [-0.1, -0.05) is 12.1 Å². The van der Waals surface area contributed by atoms with E-state index in [0.29, 0.717) is 18.0 Å². The van der Waals surface area contributed by atoms with Crippen molar-refractivity contribution in [2.24, 2.45) is 0 Å². The monoisotopic (exact) mass is 296 g/mol. The molecule has 0 aromatic heterocycles. The molecule has 0 bridgehead atoms. The highest BCUT2D eigenvalue weighted by atomic mass is 19.4. The minimum atomic E-state index is -4.47. The van der Waals surface area contributed by atoms with Gasteiger partial charge in [0.2, 0.25) is 0 Å². The van der Waals surface area contributed by atoms with E-state index in [9.17, 15) is 13.2 Å². The van der Waals surface area contributed by atoms with Gasteiger partial charge in [0.05, 0.1) is 12.2 Å². The van der Waals surface area contributed by atoms with Gasteiger partial charge in [0.25, 0.3) is 0 Å². The number of rotatable bonds is 4. The Labute approximate surface area is 120 Å². The van der Waals surface area contributed by atoms with E-state index >= 15 is 0 Å².